The molecule has 0 heterocycles. The van der Waals surface area contributed by atoms with Gasteiger partial charge in [0.2, 0.25) is 0 Å². The molecule has 0 bridgehead atoms. The third kappa shape index (κ3) is 2.48. The summed E-state index contributed by atoms with van der Waals surface area (Å²) < 4.78 is 5.21. The van der Waals surface area contributed by atoms with E-state index in [0.29, 0.717) is 6.16 Å². The van der Waals surface area contributed by atoms with Gasteiger partial charge in [-0.1, -0.05) is 0 Å². The Bertz CT molecular complexity index is 359. The Morgan fingerprint density at radius 2 is 1.87 bits per heavy atom. The van der Waals surface area contributed by atoms with Gasteiger partial charge in [0.05, 0.1) is 0 Å². The normalized spacial score (nSPS) is 13.9. The van der Waals surface area contributed by atoms with E-state index in [2.05, 4.69) is 0 Å². The molecule has 1 aromatic rings. The predicted molar refractivity (Wildman–Crippen MR) is 64.5 cm³/mol. The molecule has 1 rings (SSSR count). The molecule has 0 fully saturated rings. The van der Waals surface area contributed by atoms with Gasteiger partial charge in [0, 0.05) is 0 Å². The first-order chi connectivity index (χ1) is 6.87. The van der Waals surface area contributed by atoms with E-state index in [1.165, 1.54) is 0 Å². The van der Waals surface area contributed by atoms with Crippen molar-refractivity contribution in [1.29, 1.82) is 0 Å². The minimum atomic E-state index is -2.74. The maximum atomic E-state index is 10.8. The second-order valence-electron chi connectivity index (χ2n) is 4.28. The molecule has 0 radical (unpaired) electrons. The Hall–Kier alpha value is -1.08. The van der Waals surface area contributed by atoms with Crippen LogP contribution in [0.15, 0.2) is 30.3 Å². The number of carboxylic acid groups (broad SMARTS) is 1. The number of carbonyl (C=O) groups is 1. The predicted octanol–water partition coefficient (Wildman–Crippen LogP) is 2.75. The fourth-order valence-corrected chi connectivity index (χ4v) is 3.64. The van der Waals surface area contributed by atoms with Crippen LogP contribution in [0.1, 0.15) is 6.92 Å². The van der Waals surface area contributed by atoms with Crippen molar-refractivity contribution in [2.45, 2.75) is 6.92 Å². The third-order valence-electron chi connectivity index (χ3n) is 2.85. The molecular formula is C11H17O3P. The first kappa shape index (κ1) is 12.0. The summed E-state index contributed by atoms with van der Waals surface area (Å²) in [5, 5.41) is 9.81. The molecule has 0 atom stereocenters. The number of rotatable bonds is 3. The van der Waals surface area contributed by atoms with E-state index in [1.54, 1.807) is 0 Å². The van der Waals surface area contributed by atoms with Gasteiger partial charge in [-0.15, -0.1) is 0 Å². The summed E-state index contributed by atoms with van der Waals surface area (Å²) >= 11 is 0. The molecule has 0 aromatic heterocycles. The molecule has 0 amide bonds. The van der Waals surface area contributed by atoms with Crippen LogP contribution >= 0.6 is 6.83 Å². The molecule has 1 aromatic carbocycles. The average molecular weight is 228 g/mol. The molecule has 0 saturated carbocycles. The van der Waals surface area contributed by atoms with Crippen LogP contribution in [0.2, 0.25) is 0 Å². The van der Waals surface area contributed by atoms with Gasteiger partial charge < -0.3 is 0 Å². The van der Waals surface area contributed by atoms with Crippen LogP contribution in [0.5, 0.6) is 0 Å². The van der Waals surface area contributed by atoms with Crippen LogP contribution in [-0.2, 0) is 4.52 Å². The Morgan fingerprint density at radius 3 is 2.27 bits per heavy atom. The molecule has 0 aliphatic rings. The van der Waals surface area contributed by atoms with Gasteiger partial charge in [-0.25, -0.2) is 0 Å². The number of hydrogen-bond donors (Lipinski definition) is 1. The van der Waals surface area contributed by atoms with Crippen molar-refractivity contribution >= 4 is 18.3 Å². The van der Waals surface area contributed by atoms with Crippen LogP contribution in [0, 0.1) is 0 Å². The Balaban J connectivity index is 3.20. The zero-order valence-electron chi connectivity index (χ0n) is 9.30. The first-order valence-electron chi connectivity index (χ1n) is 4.87. The van der Waals surface area contributed by atoms with E-state index >= 15 is 0 Å². The molecule has 0 aliphatic heterocycles. The molecular weight excluding hydrogens is 211 g/mol. The average Bonchev–Trinajstić information content (AvgIpc) is 2.18. The molecule has 0 spiro atoms. The van der Waals surface area contributed by atoms with E-state index in [0.717, 1.165) is 5.30 Å². The molecule has 1 N–H and O–H groups in total. The van der Waals surface area contributed by atoms with Crippen molar-refractivity contribution in [2.24, 2.45) is 0 Å². The Morgan fingerprint density at radius 1 is 1.33 bits per heavy atom. The van der Waals surface area contributed by atoms with Gasteiger partial charge in [-0.3, -0.25) is 0 Å². The van der Waals surface area contributed by atoms with E-state index in [-0.39, 0.29) is 0 Å². The Labute approximate surface area is 90.1 Å². The summed E-state index contributed by atoms with van der Waals surface area (Å²) in [6.07, 6.45) is -0.481. The topological polar surface area (TPSA) is 46.5 Å². The minimum absolute atomic E-state index is 0.710. The van der Waals surface area contributed by atoms with Crippen molar-refractivity contribution < 1.29 is 14.4 Å². The van der Waals surface area contributed by atoms with Crippen LogP contribution in [-0.4, -0.2) is 30.8 Å². The third-order valence-corrected chi connectivity index (χ3v) is 7.34. The fraction of sp³-hybridized carbons (Fsp3) is 0.364. The van der Waals surface area contributed by atoms with Gasteiger partial charge in [-0.2, -0.15) is 0 Å². The SMILES string of the molecule is CCP(C)(C)(OC(=O)O)c1ccccc1. The monoisotopic (exact) mass is 228 g/mol. The van der Waals surface area contributed by atoms with Crippen molar-refractivity contribution in [3.63, 3.8) is 0 Å². The van der Waals surface area contributed by atoms with Crippen molar-refractivity contribution in [2.75, 3.05) is 19.5 Å². The molecule has 3 nitrogen and oxygen atoms in total. The van der Waals surface area contributed by atoms with Crippen molar-refractivity contribution in [1.82, 2.24) is 0 Å². The fourth-order valence-electron chi connectivity index (χ4n) is 1.44. The standard InChI is InChI=1S/C11H17O3P/c1-4-15(2,3,14-11(12)13)10-8-6-5-7-9-10/h5-9H,4H2,1-3H3,(H,12,13). The molecule has 15 heavy (non-hydrogen) atoms. The first-order valence-corrected chi connectivity index (χ1v) is 8.10. The Kier molecular flexibility index (Phi) is 3.05. The maximum absolute atomic E-state index is 10.8. The molecule has 84 valence electrons. The van der Waals surface area contributed by atoms with Gasteiger partial charge in [-0.05, 0) is 0 Å². The number of benzene rings is 1. The molecule has 0 saturated heterocycles. The summed E-state index contributed by atoms with van der Waals surface area (Å²) in [6, 6.07) is 9.60. The van der Waals surface area contributed by atoms with Crippen LogP contribution in [0.3, 0.4) is 0 Å². The van der Waals surface area contributed by atoms with Crippen LogP contribution < -0.4 is 5.30 Å². The van der Waals surface area contributed by atoms with E-state index in [9.17, 15) is 4.79 Å². The van der Waals surface area contributed by atoms with Crippen LogP contribution in [0.4, 0.5) is 4.79 Å². The van der Waals surface area contributed by atoms with E-state index in [4.69, 9.17) is 9.63 Å². The summed E-state index contributed by atoms with van der Waals surface area (Å²) in [5.41, 5.74) is 0. The number of hydrogen-bond acceptors (Lipinski definition) is 2. The van der Waals surface area contributed by atoms with E-state index < -0.39 is 13.0 Å². The molecule has 0 aliphatic carbocycles. The van der Waals surface area contributed by atoms with Gasteiger partial charge in [0.15, 0.2) is 0 Å². The van der Waals surface area contributed by atoms with E-state index in [1.807, 2.05) is 50.6 Å². The zero-order chi connectivity index (χ0) is 11.6. The van der Waals surface area contributed by atoms with Crippen molar-refractivity contribution in [3.05, 3.63) is 30.3 Å². The summed E-state index contributed by atoms with van der Waals surface area (Å²) in [5.74, 6) is 0. The second-order valence-corrected chi connectivity index (χ2v) is 10.2. The van der Waals surface area contributed by atoms with Crippen molar-refractivity contribution in [3.8, 4) is 0 Å². The van der Waals surface area contributed by atoms with Gasteiger partial charge in [0.1, 0.15) is 0 Å². The molecule has 4 heteroatoms. The molecule has 0 unspecified atom stereocenters. The van der Waals surface area contributed by atoms with Gasteiger partial charge in [0.25, 0.3) is 0 Å². The summed E-state index contributed by atoms with van der Waals surface area (Å²) in [6.45, 7) is 3.08. The quantitative estimate of drug-likeness (QED) is 0.809. The summed E-state index contributed by atoms with van der Waals surface area (Å²) in [4.78, 5) is 10.8. The zero-order valence-corrected chi connectivity index (χ0v) is 10.2. The van der Waals surface area contributed by atoms with Crippen LogP contribution in [0.25, 0.3) is 0 Å². The van der Waals surface area contributed by atoms with Gasteiger partial charge >= 0.3 is 89.5 Å². The second kappa shape index (κ2) is 3.82. The summed E-state index contributed by atoms with van der Waals surface area (Å²) in [7, 11) is 0.